The maximum Gasteiger partial charge on any atom is 0.0707 e. The van der Waals surface area contributed by atoms with Crippen molar-refractivity contribution in [3.63, 3.8) is 0 Å². The molecule has 0 aromatic carbocycles. The van der Waals surface area contributed by atoms with Crippen molar-refractivity contribution in [3.05, 3.63) is 0 Å². The van der Waals surface area contributed by atoms with Crippen LogP contribution in [0.3, 0.4) is 0 Å². The molecule has 1 aliphatic heterocycles. The van der Waals surface area contributed by atoms with Crippen LogP contribution in [0.15, 0.2) is 0 Å². The molecule has 0 saturated carbocycles. The van der Waals surface area contributed by atoms with Crippen LogP contribution in [0.5, 0.6) is 0 Å². The van der Waals surface area contributed by atoms with Crippen LogP contribution in [-0.4, -0.2) is 74.4 Å². The van der Waals surface area contributed by atoms with Crippen molar-refractivity contribution in [1.29, 1.82) is 0 Å². The summed E-state index contributed by atoms with van der Waals surface area (Å²) in [6.07, 6.45) is 3.23. The fourth-order valence-corrected chi connectivity index (χ4v) is 2.96. The summed E-state index contributed by atoms with van der Waals surface area (Å²) >= 11 is 0. The van der Waals surface area contributed by atoms with Crippen molar-refractivity contribution < 1.29 is 4.74 Å². The molecule has 120 valence electrons. The smallest absolute Gasteiger partial charge is 0.0707 e. The van der Waals surface area contributed by atoms with Crippen LogP contribution in [0.2, 0.25) is 0 Å². The Labute approximate surface area is 125 Å². The summed E-state index contributed by atoms with van der Waals surface area (Å²) in [6.45, 7) is 13.2. The maximum absolute atomic E-state index is 6.18. The standard InChI is InChI=1S/C16H35N3O/c1-7-19(14(4)11-18(5)6)12-16-9-8-15(20-16)10-17-13(2)3/h13-17H,7-12H2,1-6H3. The molecule has 0 amide bonds. The lowest BCUT2D eigenvalue weighted by atomic mass is 10.1. The number of hydrogen-bond acceptors (Lipinski definition) is 4. The van der Waals surface area contributed by atoms with Gasteiger partial charge in [0.2, 0.25) is 0 Å². The lowest BCUT2D eigenvalue weighted by Crippen LogP contribution is -2.44. The normalized spacial score (nSPS) is 25.1. The lowest BCUT2D eigenvalue weighted by molar-refractivity contribution is 0.0142. The van der Waals surface area contributed by atoms with Crippen molar-refractivity contribution in [2.75, 3.05) is 40.3 Å². The molecule has 1 saturated heterocycles. The molecule has 4 nitrogen and oxygen atoms in total. The van der Waals surface area contributed by atoms with Gasteiger partial charge in [0.25, 0.3) is 0 Å². The van der Waals surface area contributed by atoms with Gasteiger partial charge in [0.15, 0.2) is 0 Å². The van der Waals surface area contributed by atoms with Crippen LogP contribution in [0.25, 0.3) is 0 Å². The summed E-state index contributed by atoms with van der Waals surface area (Å²) in [5.41, 5.74) is 0. The molecule has 0 bridgehead atoms. The Kier molecular flexibility index (Phi) is 8.03. The first-order valence-electron chi connectivity index (χ1n) is 8.20. The molecule has 0 aromatic rings. The Morgan fingerprint density at radius 3 is 2.35 bits per heavy atom. The number of rotatable bonds is 9. The number of ether oxygens (including phenoxy) is 1. The summed E-state index contributed by atoms with van der Waals surface area (Å²) in [7, 11) is 4.29. The van der Waals surface area contributed by atoms with E-state index in [-0.39, 0.29) is 0 Å². The average Bonchev–Trinajstić information content (AvgIpc) is 2.80. The van der Waals surface area contributed by atoms with Crippen molar-refractivity contribution in [1.82, 2.24) is 15.1 Å². The highest BCUT2D eigenvalue weighted by Crippen LogP contribution is 2.21. The van der Waals surface area contributed by atoms with E-state index in [2.05, 4.69) is 56.9 Å². The Bertz CT molecular complexity index is 258. The summed E-state index contributed by atoms with van der Waals surface area (Å²) in [4.78, 5) is 4.81. The SMILES string of the molecule is CCN(CC1CCC(CNC(C)C)O1)C(C)CN(C)C. The fraction of sp³-hybridized carbons (Fsp3) is 1.00. The monoisotopic (exact) mass is 285 g/mol. The summed E-state index contributed by atoms with van der Waals surface area (Å²) in [5.74, 6) is 0. The Morgan fingerprint density at radius 1 is 1.15 bits per heavy atom. The van der Waals surface area contributed by atoms with Crippen molar-refractivity contribution in [2.24, 2.45) is 0 Å². The van der Waals surface area contributed by atoms with Crippen molar-refractivity contribution in [2.45, 2.75) is 64.8 Å². The predicted molar refractivity (Wildman–Crippen MR) is 86.3 cm³/mol. The molecular formula is C16H35N3O. The van der Waals surface area contributed by atoms with Gasteiger partial charge in [-0.05, 0) is 40.4 Å². The highest BCUT2D eigenvalue weighted by atomic mass is 16.5. The molecule has 20 heavy (non-hydrogen) atoms. The van der Waals surface area contributed by atoms with Crippen molar-refractivity contribution in [3.8, 4) is 0 Å². The van der Waals surface area contributed by atoms with E-state index in [1.165, 1.54) is 12.8 Å². The summed E-state index contributed by atoms with van der Waals surface area (Å²) in [6, 6.07) is 1.14. The van der Waals surface area contributed by atoms with Crippen LogP contribution in [-0.2, 0) is 4.74 Å². The van der Waals surface area contributed by atoms with Gasteiger partial charge in [-0.15, -0.1) is 0 Å². The van der Waals surface area contributed by atoms with Crippen LogP contribution in [0, 0.1) is 0 Å². The minimum Gasteiger partial charge on any atom is -0.372 e. The summed E-state index contributed by atoms with van der Waals surface area (Å²) < 4.78 is 6.18. The van der Waals surface area contributed by atoms with Crippen LogP contribution in [0.1, 0.15) is 40.5 Å². The van der Waals surface area contributed by atoms with E-state index in [0.717, 1.165) is 26.2 Å². The average molecular weight is 285 g/mol. The van der Waals surface area contributed by atoms with Gasteiger partial charge in [-0.1, -0.05) is 20.8 Å². The van der Waals surface area contributed by atoms with E-state index in [1.807, 2.05) is 0 Å². The molecule has 1 aliphatic rings. The molecule has 3 unspecified atom stereocenters. The van der Waals surface area contributed by atoms with Crippen LogP contribution in [0.4, 0.5) is 0 Å². The molecule has 0 aliphatic carbocycles. The third-order valence-electron chi connectivity index (χ3n) is 4.05. The fourth-order valence-electron chi connectivity index (χ4n) is 2.96. The second-order valence-electron chi connectivity index (χ2n) is 6.72. The van der Waals surface area contributed by atoms with Gasteiger partial charge in [-0.3, -0.25) is 4.90 Å². The van der Waals surface area contributed by atoms with Gasteiger partial charge in [0, 0.05) is 31.7 Å². The van der Waals surface area contributed by atoms with E-state index in [1.54, 1.807) is 0 Å². The van der Waals surface area contributed by atoms with Crippen LogP contribution < -0.4 is 5.32 Å². The quantitative estimate of drug-likeness (QED) is 0.699. The first-order chi connectivity index (χ1) is 9.42. The summed E-state index contributed by atoms with van der Waals surface area (Å²) in [5, 5.41) is 3.48. The number of likely N-dealkylation sites (N-methyl/N-ethyl adjacent to an activating group) is 2. The molecule has 4 heteroatoms. The van der Waals surface area contributed by atoms with E-state index < -0.39 is 0 Å². The molecule has 1 rings (SSSR count). The Morgan fingerprint density at radius 2 is 1.80 bits per heavy atom. The second-order valence-corrected chi connectivity index (χ2v) is 6.72. The predicted octanol–water partition coefficient (Wildman–Crippen LogP) is 1.80. The zero-order chi connectivity index (χ0) is 15.1. The largest absolute Gasteiger partial charge is 0.372 e. The number of hydrogen-bond donors (Lipinski definition) is 1. The molecule has 3 atom stereocenters. The highest BCUT2D eigenvalue weighted by molar-refractivity contribution is 4.80. The molecule has 0 aromatic heterocycles. The van der Waals surface area contributed by atoms with Gasteiger partial charge in [0.05, 0.1) is 12.2 Å². The van der Waals surface area contributed by atoms with Gasteiger partial charge < -0.3 is 15.0 Å². The first-order valence-corrected chi connectivity index (χ1v) is 8.20. The molecular weight excluding hydrogens is 250 g/mol. The topological polar surface area (TPSA) is 27.7 Å². The van der Waals surface area contributed by atoms with E-state index in [4.69, 9.17) is 4.74 Å². The van der Waals surface area contributed by atoms with E-state index in [0.29, 0.717) is 24.3 Å². The lowest BCUT2D eigenvalue weighted by Gasteiger charge is -2.32. The zero-order valence-corrected chi connectivity index (χ0v) is 14.4. The van der Waals surface area contributed by atoms with Gasteiger partial charge >= 0.3 is 0 Å². The minimum absolute atomic E-state index is 0.408. The van der Waals surface area contributed by atoms with E-state index in [9.17, 15) is 0 Å². The third-order valence-corrected chi connectivity index (χ3v) is 4.05. The second kappa shape index (κ2) is 8.98. The zero-order valence-electron chi connectivity index (χ0n) is 14.4. The number of nitrogens with one attached hydrogen (secondary N) is 1. The molecule has 1 fully saturated rings. The minimum atomic E-state index is 0.408. The third kappa shape index (κ3) is 6.53. The molecule has 1 N–H and O–H groups in total. The van der Waals surface area contributed by atoms with Crippen LogP contribution >= 0.6 is 0 Å². The number of nitrogens with zero attached hydrogens (tertiary/aromatic N) is 2. The Balaban J connectivity index is 2.32. The van der Waals surface area contributed by atoms with Gasteiger partial charge in [-0.25, -0.2) is 0 Å². The maximum atomic E-state index is 6.18. The molecule has 1 heterocycles. The van der Waals surface area contributed by atoms with Gasteiger partial charge in [-0.2, -0.15) is 0 Å². The highest BCUT2D eigenvalue weighted by Gasteiger charge is 2.27. The molecule has 0 spiro atoms. The Hall–Kier alpha value is -0.160. The molecule has 0 radical (unpaired) electrons. The van der Waals surface area contributed by atoms with Gasteiger partial charge in [0.1, 0.15) is 0 Å². The first kappa shape index (κ1) is 17.9. The van der Waals surface area contributed by atoms with E-state index >= 15 is 0 Å². The van der Waals surface area contributed by atoms with Crippen molar-refractivity contribution >= 4 is 0 Å².